The molecule has 1 aromatic carbocycles. The number of hydrogen-bond donors (Lipinski definition) is 3. The van der Waals surface area contributed by atoms with Gasteiger partial charge in [-0.2, -0.15) is 0 Å². The van der Waals surface area contributed by atoms with E-state index in [4.69, 9.17) is 0 Å². The van der Waals surface area contributed by atoms with E-state index in [1.807, 2.05) is 29.6 Å². The number of aromatic amines is 1. The third kappa shape index (κ3) is 6.15. The van der Waals surface area contributed by atoms with Gasteiger partial charge >= 0.3 is 0 Å². The van der Waals surface area contributed by atoms with Crippen molar-refractivity contribution in [3.63, 3.8) is 0 Å². The molecule has 176 valence electrons. The summed E-state index contributed by atoms with van der Waals surface area (Å²) in [6, 6.07) is 7.90. The van der Waals surface area contributed by atoms with Crippen molar-refractivity contribution in [1.82, 2.24) is 30.6 Å². The first-order chi connectivity index (χ1) is 16.6. The fourth-order valence-electron chi connectivity index (χ4n) is 3.59. The van der Waals surface area contributed by atoms with Crippen molar-refractivity contribution in [2.24, 2.45) is 0 Å². The highest BCUT2D eigenvalue weighted by Gasteiger charge is 2.20. The van der Waals surface area contributed by atoms with E-state index in [1.54, 1.807) is 42.5 Å². The Balaban J connectivity index is 1.44. The average Bonchev–Trinajstić information content (AvgIpc) is 3.65. The quantitative estimate of drug-likeness (QED) is 0.259. The Morgan fingerprint density at radius 1 is 1.03 bits per heavy atom. The number of carbonyl (C=O) groups excluding carboxylic acids is 2. The molecule has 0 fully saturated rings. The van der Waals surface area contributed by atoms with Crippen LogP contribution in [0.4, 0.5) is 0 Å². The van der Waals surface area contributed by atoms with Crippen LogP contribution in [0.3, 0.4) is 0 Å². The van der Waals surface area contributed by atoms with Crippen LogP contribution in [-0.4, -0.2) is 38.8 Å². The molecule has 34 heavy (non-hydrogen) atoms. The van der Waals surface area contributed by atoms with Crippen molar-refractivity contribution < 1.29 is 9.59 Å². The van der Waals surface area contributed by atoms with Crippen molar-refractivity contribution in [2.45, 2.75) is 38.1 Å². The number of carbonyl (C=O) groups is 2. The maximum atomic E-state index is 12.7. The highest BCUT2D eigenvalue weighted by atomic mass is 32.1. The normalized spacial score (nSPS) is 11.8. The first kappa shape index (κ1) is 23.8. The van der Waals surface area contributed by atoms with Crippen LogP contribution in [0.15, 0.2) is 53.7 Å². The molecule has 1 unspecified atom stereocenters. The molecule has 0 spiro atoms. The number of unbranched alkanes of at least 4 members (excludes halogenated alkanes) is 2. The minimum atomic E-state index is -0.266. The molecule has 2 amide bonds. The molecule has 8 nitrogen and oxygen atoms in total. The second-order valence-electron chi connectivity index (χ2n) is 7.76. The molecule has 1 atom stereocenters. The monoisotopic (exact) mass is 494 g/mol. The van der Waals surface area contributed by atoms with E-state index in [9.17, 15) is 9.59 Å². The fourth-order valence-corrected chi connectivity index (χ4v) is 4.76. The summed E-state index contributed by atoms with van der Waals surface area (Å²) in [6.07, 6.45) is 8.96. The van der Waals surface area contributed by atoms with Crippen molar-refractivity contribution in [2.75, 3.05) is 7.05 Å². The van der Waals surface area contributed by atoms with E-state index >= 15 is 0 Å². The molecule has 0 aliphatic carbocycles. The second kappa shape index (κ2) is 11.7. The SMILES string of the molecule is CNC(=O)CCCCCC(NC(=O)c1cncs1)c1ncc(-c2ccc(-c3nccs3)cc2)[nH]1. The van der Waals surface area contributed by atoms with Crippen LogP contribution in [0, 0.1) is 0 Å². The van der Waals surface area contributed by atoms with Crippen LogP contribution in [0.1, 0.15) is 53.6 Å². The number of nitrogens with zero attached hydrogens (tertiary/aromatic N) is 3. The zero-order valence-corrected chi connectivity index (χ0v) is 20.4. The number of H-pyrrole nitrogens is 1. The Hall–Kier alpha value is -3.37. The van der Waals surface area contributed by atoms with E-state index < -0.39 is 0 Å². The van der Waals surface area contributed by atoms with Crippen molar-refractivity contribution >= 4 is 34.5 Å². The van der Waals surface area contributed by atoms with Crippen LogP contribution in [0.25, 0.3) is 21.8 Å². The number of nitrogens with one attached hydrogen (secondary N) is 3. The van der Waals surface area contributed by atoms with Gasteiger partial charge in [0.2, 0.25) is 5.91 Å². The molecular formula is C24H26N6O2S2. The van der Waals surface area contributed by atoms with Gasteiger partial charge in [-0.3, -0.25) is 14.6 Å². The zero-order valence-electron chi connectivity index (χ0n) is 18.8. The number of amides is 2. The van der Waals surface area contributed by atoms with Crippen LogP contribution >= 0.6 is 22.7 Å². The summed E-state index contributed by atoms with van der Waals surface area (Å²) in [7, 11) is 1.65. The summed E-state index contributed by atoms with van der Waals surface area (Å²) in [6.45, 7) is 0. The summed E-state index contributed by atoms with van der Waals surface area (Å²) in [5, 5.41) is 8.68. The lowest BCUT2D eigenvalue weighted by Gasteiger charge is -2.16. The van der Waals surface area contributed by atoms with E-state index in [1.165, 1.54) is 11.3 Å². The van der Waals surface area contributed by atoms with Gasteiger partial charge in [0.25, 0.3) is 5.91 Å². The molecule has 0 aliphatic rings. The Morgan fingerprint density at radius 2 is 1.85 bits per heavy atom. The molecular weight excluding hydrogens is 468 g/mol. The largest absolute Gasteiger partial charge is 0.359 e. The Morgan fingerprint density at radius 3 is 2.56 bits per heavy atom. The lowest BCUT2D eigenvalue weighted by Crippen LogP contribution is -2.28. The highest BCUT2D eigenvalue weighted by Crippen LogP contribution is 2.27. The third-order valence-electron chi connectivity index (χ3n) is 5.44. The highest BCUT2D eigenvalue weighted by molar-refractivity contribution is 7.13. The van der Waals surface area contributed by atoms with E-state index in [2.05, 4.69) is 30.6 Å². The van der Waals surface area contributed by atoms with Gasteiger partial charge in [-0.25, -0.2) is 9.97 Å². The summed E-state index contributed by atoms with van der Waals surface area (Å²) in [5.41, 5.74) is 4.61. The molecule has 3 heterocycles. The summed E-state index contributed by atoms with van der Waals surface area (Å²) >= 11 is 2.91. The first-order valence-corrected chi connectivity index (χ1v) is 12.8. The minimum absolute atomic E-state index is 0.0478. The maximum absolute atomic E-state index is 12.7. The molecule has 0 aliphatic heterocycles. The zero-order chi connectivity index (χ0) is 23.8. The maximum Gasteiger partial charge on any atom is 0.263 e. The predicted octanol–water partition coefficient (Wildman–Crippen LogP) is 4.82. The van der Waals surface area contributed by atoms with Crippen LogP contribution in [-0.2, 0) is 4.79 Å². The van der Waals surface area contributed by atoms with Gasteiger partial charge in [-0.1, -0.05) is 37.1 Å². The number of rotatable bonds is 11. The lowest BCUT2D eigenvalue weighted by atomic mass is 10.1. The van der Waals surface area contributed by atoms with Crippen LogP contribution in [0.5, 0.6) is 0 Å². The van der Waals surface area contributed by atoms with Crippen LogP contribution < -0.4 is 10.6 Å². The minimum Gasteiger partial charge on any atom is -0.359 e. The van der Waals surface area contributed by atoms with E-state index in [-0.39, 0.29) is 17.9 Å². The summed E-state index contributed by atoms with van der Waals surface area (Å²) in [4.78, 5) is 41.0. The first-order valence-electron chi connectivity index (χ1n) is 11.1. The second-order valence-corrected chi connectivity index (χ2v) is 9.54. The Bertz CT molecular complexity index is 1190. The fraction of sp³-hybridized carbons (Fsp3) is 0.292. The summed E-state index contributed by atoms with van der Waals surface area (Å²) < 4.78 is 0. The Labute approximate surface area is 205 Å². The molecule has 4 rings (SSSR count). The summed E-state index contributed by atoms with van der Waals surface area (Å²) in [5.74, 6) is 0.596. The lowest BCUT2D eigenvalue weighted by molar-refractivity contribution is -0.120. The molecule has 0 bridgehead atoms. The number of benzene rings is 1. The van der Waals surface area contributed by atoms with Gasteiger partial charge < -0.3 is 15.6 Å². The van der Waals surface area contributed by atoms with Crippen LogP contribution in [0.2, 0.25) is 0 Å². The van der Waals surface area contributed by atoms with Gasteiger partial charge in [0.15, 0.2) is 0 Å². The van der Waals surface area contributed by atoms with Gasteiger partial charge in [-0.05, 0) is 18.4 Å². The number of thiazole rings is 2. The van der Waals surface area contributed by atoms with Crippen molar-refractivity contribution in [3.05, 3.63) is 64.4 Å². The molecule has 0 saturated carbocycles. The van der Waals surface area contributed by atoms with Gasteiger partial charge in [0, 0.05) is 30.6 Å². The Kier molecular flexibility index (Phi) is 8.16. The number of aromatic nitrogens is 4. The predicted molar refractivity (Wildman–Crippen MR) is 135 cm³/mol. The molecule has 0 saturated heterocycles. The molecule has 10 heteroatoms. The van der Waals surface area contributed by atoms with Gasteiger partial charge in [0.1, 0.15) is 15.7 Å². The molecule has 4 aromatic rings. The van der Waals surface area contributed by atoms with E-state index in [0.29, 0.717) is 23.5 Å². The molecule has 3 N–H and O–H groups in total. The standard InChI is InChI=1S/C24H26N6O2S2/c1-25-21(31)6-4-2-3-5-18(30-23(32)20-14-26-15-34-20)22-28-13-19(29-22)16-7-9-17(10-8-16)24-27-11-12-33-24/h7-15,18H,2-6H2,1H3,(H,25,31)(H,28,29)(H,30,32). The number of hydrogen-bond acceptors (Lipinski definition) is 7. The average molecular weight is 495 g/mol. The van der Waals surface area contributed by atoms with Crippen molar-refractivity contribution in [1.29, 1.82) is 0 Å². The van der Waals surface area contributed by atoms with Crippen molar-refractivity contribution in [3.8, 4) is 21.8 Å². The third-order valence-corrected chi connectivity index (χ3v) is 7.03. The van der Waals surface area contributed by atoms with Gasteiger partial charge in [0.05, 0.1) is 29.6 Å². The number of imidazole rings is 1. The topological polar surface area (TPSA) is 113 Å². The molecule has 3 aromatic heterocycles. The molecule has 0 radical (unpaired) electrons. The smallest absolute Gasteiger partial charge is 0.263 e. The van der Waals surface area contributed by atoms with E-state index in [0.717, 1.165) is 41.1 Å². The van der Waals surface area contributed by atoms with Gasteiger partial charge in [-0.15, -0.1) is 22.7 Å².